The molecular formula is C16H27N3O2. The number of nitrogens with one attached hydrogen (secondary N) is 1. The summed E-state index contributed by atoms with van der Waals surface area (Å²) in [7, 11) is 1.86. The predicted molar refractivity (Wildman–Crippen MR) is 80.5 cm³/mol. The van der Waals surface area contributed by atoms with Crippen molar-refractivity contribution in [2.75, 3.05) is 20.1 Å². The summed E-state index contributed by atoms with van der Waals surface area (Å²) >= 11 is 0. The Balaban J connectivity index is 1.82. The fourth-order valence-electron chi connectivity index (χ4n) is 3.72. The highest BCUT2D eigenvalue weighted by Crippen LogP contribution is 2.30. The van der Waals surface area contributed by atoms with Crippen LogP contribution in [0.4, 0.5) is 0 Å². The molecule has 0 heterocycles. The van der Waals surface area contributed by atoms with Crippen molar-refractivity contribution < 1.29 is 9.90 Å². The van der Waals surface area contributed by atoms with Crippen molar-refractivity contribution in [1.29, 1.82) is 5.26 Å². The van der Waals surface area contributed by atoms with Gasteiger partial charge in [-0.15, -0.1) is 0 Å². The van der Waals surface area contributed by atoms with Crippen molar-refractivity contribution in [3.63, 3.8) is 0 Å². The summed E-state index contributed by atoms with van der Waals surface area (Å²) in [6.07, 6.45) is 8.43. The maximum absolute atomic E-state index is 12.2. The van der Waals surface area contributed by atoms with Crippen LogP contribution in [0.15, 0.2) is 0 Å². The fourth-order valence-corrected chi connectivity index (χ4v) is 3.72. The van der Waals surface area contributed by atoms with Crippen LogP contribution in [0, 0.1) is 11.3 Å². The Bertz CT molecular complexity index is 404. The molecule has 0 saturated heterocycles. The van der Waals surface area contributed by atoms with Crippen molar-refractivity contribution in [3.8, 4) is 6.07 Å². The van der Waals surface area contributed by atoms with Gasteiger partial charge in [0.25, 0.3) is 0 Å². The van der Waals surface area contributed by atoms with Crippen molar-refractivity contribution in [3.05, 3.63) is 0 Å². The number of carbonyl (C=O) groups excluding carboxylic acids is 1. The first-order valence-corrected chi connectivity index (χ1v) is 8.10. The molecule has 0 atom stereocenters. The first-order valence-electron chi connectivity index (χ1n) is 8.10. The molecule has 0 bridgehead atoms. The lowest BCUT2D eigenvalue weighted by atomic mass is 9.83. The Kier molecular flexibility index (Phi) is 5.23. The Morgan fingerprint density at radius 1 is 1.19 bits per heavy atom. The first kappa shape index (κ1) is 16.3. The van der Waals surface area contributed by atoms with E-state index in [2.05, 4.69) is 11.4 Å². The Labute approximate surface area is 127 Å². The van der Waals surface area contributed by atoms with Gasteiger partial charge in [0.1, 0.15) is 5.54 Å². The molecule has 2 rings (SSSR count). The molecule has 0 aromatic rings. The summed E-state index contributed by atoms with van der Waals surface area (Å²) in [4.78, 5) is 14.0. The van der Waals surface area contributed by atoms with Crippen LogP contribution in [0.3, 0.4) is 0 Å². The average Bonchev–Trinajstić information content (AvgIpc) is 2.85. The third kappa shape index (κ3) is 4.42. The van der Waals surface area contributed by atoms with E-state index < -0.39 is 11.1 Å². The number of hydrogen-bond donors (Lipinski definition) is 2. The minimum Gasteiger partial charge on any atom is -0.389 e. The van der Waals surface area contributed by atoms with E-state index >= 15 is 0 Å². The number of nitriles is 1. The van der Waals surface area contributed by atoms with Gasteiger partial charge in [0.2, 0.25) is 5.91 Å². The summed E-state index contributed by atoms with van der Waals surface area (Å²) in [5, 5.41) is 22.7. The summed E-state index contributed by atoms with van der Waals surface area (Å²) in [5.74, 6) is -0.109. The normalized spacial score (nSPS) is 23.7. The molecule has 0 spiro atoms. The zero-order valence-corrected chi connectivity index (χ0v) is 13.0. The predicted octanol–water partition coefficient (Wildman–Crippen LogP) is 1.57. The van der Waals surface area contributed by atoms with Crippen LogP contribution in [-0.2, 0) is 4.79 Å². The van der Waals surface area contributed by atoms with E-state index in [0.717, 1.165) is 57.8 Å². The smallest absolute Gasteiger partial charge is 0.235 e. The lowest BCUT2D eigenvalue weighted by Crippen LogP contribution is -2.52. The molecule has 5 heteroatoms. The summed E-state index contributed by atoms with van der Waals surface area (Å²) in [5.41, 5.74) is -1.30. The monoisotopic (exact) mass is 293 g/mol. The molecule has 0 aliphatic heterocycles. The van der Waals surface area contributed by atoms with Crippen LogP contribution in [-0.4, -0.2) is 47.2 Å². The van der Waals surface area contributed by atoms with Crippen LogP contribution < -0.4 is 5.32 Å². The third-order valence-electron chi connectivity index (χ3n) is 4.81. The van der Waals surface area contributed by atoms with Gasteiger partial charge in [0, 0.05) is 6.54 Å². The largest absolute Gasteiger partial charge is 0.389 e. The summed E-state index contributed by atoms with van der Waals surface area (Å²) < 4.78 is 0. The van der Waals surface area contributed by atoms with Gasteiger partial charge in [-0.3, -0.25) is 9.69 Å². The maximum Gasteiger partial charge on any atom is 0.235 e. The lowest BCUT2D eigenvalue weighted by Gasteiger charge is -2.33. The van der Waals surface area contributed by atoms with Crippen LogP contribution in [0.25, 0.3) is 0 Å². The van der Waals surface area contributed by atoms with E-state index in [-0.39, 0.29) is 12.5 Å². The molecule has 2 saturated carbocycles. The first-order chi connectivity index (χ1) is 9.97. The number of carbonyl (C=O) groups is 1. The van der Waals surface area contributed by atoms with E-state index in [1.807, 2.05) is 11.9 Å². The molecule has 5 nitrogen and oxygen atoms in total. The number of rotatable bonds is 5. The molecular weight excluding hydrogens is 266 g/mol. The van der Waals surface area contributed by atoms with E-state index in [4.69, 9.17) is 0 Å². The van der Waals surface area contributed by atoms with E-state index in [0.29, 0.717) is 6.54 Å². The molecule has 118 valence electrons. The Morgan fingerprint density at radius 2 is 1.76 bits per heavy atom. The van der Waals surface area contributed by atoms with Crippen molar-refractivity contribution in [2.45, 2.75) is 68.9 Å². The van der Waals surface area contributed by atoms with Crippen molar-refractivity contribution in [2.24, 2.45) is 0 Å². The van der Waals surface area contributed by atoms with Crippen LogP contribution in [0.2, 0.25) is 0 Å². The molecule has 21 heavy (non-hydrogen) atoms. The van der Waals surface area contributed by atoms with Crippen LogP contribution >= 0.6 is 0 Å². The second-order valence-corrected chi connectivity index (χ2v) is 6.91. The highest BCUT2D eigenvalue weighted by atomic mass is 16.3. The maximum atomic E-state index is 12.2. The van der Waals surface area contributed by atoms with Gasteiger partial charge in [0.05, 0.1) is 18.2 Å². The second kappa shape index (κ2) is 6.76. The van der Waals surface area contributed by atoms with Gasteiger partial charge < -0.3 is 10.4 Å². The molecule has 1 amide bonds. The van der Waals surface area contributed by atoms with E-state index in [1.165, 1.54) is 0 Å². The van der Waals surface area contributed by atoms with E-state index in [9.17, 15) is 15.2 Å². The molecule has 0 radical (unpaired) electrons. The van der Waals surface area contributed by atoms with Gasteiger partial charge in [-0.2, -0.15) is 5.26 Å². The Hall–Kier alpha value is -1.12. The number of amides is 1. The highest BCUT2D eigenvalue weighted by molar-refractivity contribution is 5.79. The van der Waals surface area contributed by atoms with Gasteiger partial charge in [-0.05, 0) is 32.7 Å². The zero-order chi connectivity index (χ0) is 15.3. The zero-order valence-electron chi connectivity index (χ0n) is 13.0. The quantitative estimate of drug-likeness (QED) is 0.806. The number of hydrogen-bond acceptors (Lipinski definition) is 4. The minimum absolute atomic E-state index is 0.109. The average molecular weight is 293 g/mol. The van der Waals surface area contributed by atoms with Gasteiger partial charge in [-0.25, -0.2) is 0 Å². The molecule has 0 unspecified atom stereocenters. The topological polar surface area (TPSA) is 76.4 Å². The number of nitrogens with zero attached hydrogens (tertiary/aromatic N) is 2. The van der Waals surface area contributed by atoms with Gasteiger partial charge >= 0.3 is 0 Å². The van der Waals surface area contributed by atoms with Gasteiger partial charge in [-0.1, -0.05) is 32.1 Å². The molecule has 2 fully saturated rings. The van der Waals surface area contributed by atoms with Crippen molar-refractivity contribution in [1.82, 2.24) is 10.2 Å². The fraction of sp³-hybridized carbons (Fsp3) is 0.875. The van der Waals surface area contributed by atoms with Gasteiger partial charge in [0.15, 0.2) is 0 Å². The second-order valence-electron chi connectivity index (χ2n) is 6.91. The lowest BCUT2D eigenvalue weighted by molar-refractivity contribution is -0.124. The molecule has 2 aliphatic rings. The highest BCUT2D eigenvalue weighted by Gasteiger charge is 2.35. The van der Waals surface area contributed by atoms with Crippen molar-refractivity contribution >= 4 is 5.91 Å². The molecule has 0 aromatic heterocycles. The molecule has 2 aliphatic carbocycles. The summed E-state index contributed by atoms with van der Waals surface area (Å²) in [6.45, 7) is 0.770. The number of aliphatic hydroxyl groups is 1. The standard InChI is InChI=1S/C16H27N3O2/c1-19(13-16(21)9-5-6-10-16)11-14(20)18-15(12-17)7-3-2-4-8-15/h21H,2-11,13H2,1H3,(H,18,20). The van der Waals surface area contributed by atoms with Crippen LogP contribution in [0.1, 0.15) is 57.8 Å². The number of likely N-dealkylation sites (N-methyl/N-ethyl adjacent to an activating group) is 1. The van der Waals surface area contributed by atoms with E-state index in [1.54, 1.807) is 0 Å². The molecule has 2 N–H and O–H groups in total. The molecule has 0 aromatic carbocycles. The Morgan fingerprint density at radius 3 is 2.33 bits per heavy atom. The SMILES string of the molecule is CN(CC(=O)NC1(C#N)CCCCC1)CC1(O)CCCC1. The third-order valence-corrected chi connectivity index (χ3v) is 4.81. The van der Waals surface area contributed by atoms with Crippen LogP contribution in [0.5, 0.6) is 0 Å². The summed E-state index contributed by atoms with van der Waals surface area (Å²) in [6, 6.07) is 2.30. The minimum atomic E-state index is -0.666.